The molecule has 0 aromatic heterocycles. The lowest BCUT2D eigenvalue weighted by atomic mass is 9.77. The zero-order valence-electron chi connectivity index (χ0n) is 13.8. The second-order valence-electron chi connectivity index (χ2n) is 6.39. The van der Waals surface area contributed by atoms with Crippen LogP contribution in [0.2, 0.25) is 0 Å². The van der Waals surface area contributed by atoms with Crippen LogP contribution in [0.25, 0.3) is 0 Å². The second kappa shape index (κ2) is 5.42. The van der Waals surface area contributed by atoms with Crippen LogP contribution in [-0.2, 0) is 23.9 Å². The molecule has 0 saturated carbocycles. The van der Waals surface area contributed by atoms with Crippen molar-refractivity contribution in [3.8, 4) is 5.75 Å². The maximum atomic E-state index is 13.0. The van der Waals surface area contributed by atoms with E-state index in [0.717, 1.165) is 0 Å². The third-order valence-corrected chi connectivity index (χ3v) is 4.99. The minimum absolute atomic E-state index is 0.0774. The molecule has 1 aromatic rings. The average Bonchev–Trinajstić information content (AvgIpc) is 3.24. The third kappa shape index (κ3) is 2.19. The van der Waals surface area contributed by atoms with Gasteiger partial charge < -0.3 is 14.2 Å². The summed E-state index contributed by atoms with van der Waals surface area (Å²) in [5, 5.41) is 0. The van der Waals surface area contributed by atoms with E-state index in [0.29, 0.717) is 11.4 Å². The number of imide groups is 1. The number of carbonyl (C=O) groups excluding carboxylic acids is 3. The number of methoxy groups -OCH3 is 1. The highest BCUT2D eigenvalue weighted by atomic mass is 16.6. The highest BCUT2D eigenvalue weighted by Gasteiger charge is 2.68. The first kappa shape index (κ1) is 15.8. The fourth-order valence-corrected chi connectivity index (χ4v) is 3.87. The molecular formula is C18H17NO6. The van der Waals surface area contributed by atoms with Crippen molar-refractivity contribution < 1.29 is 28.6 Å². The molecule has 3 aliphatic heterocycles. The Hall–Kier alpha value is -2.67. The molecule has 25 heavy (non-hydrogen) atoms. The number of anilines is 1. The molecule has 0 aliphatic carbocycles. The Balaban J connectivity index is 1.66. The highest BCUT2D eigenvalue weighted by Crippen LogP contribution is 2.52. The summed E-state index contributed by atoms with van der Waals surface area (Å²) in [7, 11) is 1.55. The summed E-state index contributed by atoms with van der Waals surface area (Å²) in [5.41, 5.74) is -0.568. The molecule has 0 unspecified atom stereocenters. The molecule has 0 N–H and O–H groups in total. The van der Waals surface area contributed by atoms with Gasteiger partial charge in [0.2, 0.25) is 11.8 Å². The molecule has 2 bridgehead atoms. The second-order valence-corrected chi connectivity index (χ2v) is 6.39. The zero-order chi connectivity index (χ0) is 17.8. The molecule has 7 heteroatoms. The van der Waals surface area contributed by atoms with Crippen molar-refractivity contribution in [2.45, 2.75) is 18.6 Å². The lowest BCUT2D eigenvalue weighted by molar-refractivity contribution is -0.150. The van der Waals surface area contributed by atoms with E-state index >= 15 is 0 Å². The first-order chi connectivity index (χ1) is 12.0. The molecule has 3 heterocycles. The van der Waals surface area contributed by atoms with Crippen LogP contribution in [0.3, 0.4) is 0 Å². The van der Waals surface area contributed by atoms with E-state index in [1.807, 2.05) is 0 Å². The number of ether oxygens (including phenoxy) is 3. The van der Waals surface area contributed by atoms with E-state index in [9.17, 15) is 14.4 Å². The van der Waals surface area contributed by atoms with Crippen LogP contribution in [0.4, 0.5) is 5.69 Å². The zero-order valence-corrected chi connectivity index (χ0v) is 13.8. The maximum absolute atomic E-state index is 13.0. The Labute approximate surface area is 144 Å². The average molecular weight is 343 g/mol. The normalized spacial score (nSPS) is 32.2. The van der Waals surface area contributed by atoms with Gasteiger partial charge >= 0.3 is 5.97 Å². The van der Waals surface area contributed by atoms with Gasteiger partial charge in [0.1, 0.15) is 18.0 Å². The Morgan fingerprint density at radius 2 is 1.96 bits per heavy atom. The predicted molar refractivity (Wildman–Crippen MR) is 85.8 cm³/mol. The monoisotopic (exact) mass is 343 g/mol. The van der Waals surface area contributed by atoms with Gasteiger partial charge in [-0.05, 0) is 30.3 Å². The van der Waals surface area contributed by atoms with E-state index in [1.54, 1.807) is 43.5 Å². The molecule has 130 valence electrons. The van der Waals surface area contributed by atoms with Crippen molar-refractivity contribution in [3.63, 3.8) is 0 Å². The minimum Gasteiger partial charge on any atom is -0.497 e. The number of fused-ring (bicyclic) bond motifs is 5. The molecule has 2 fully saturated rings. The van der Waals surface area contributed by atoms with Gasteiger partial charge in [-0.1, -0.05) is 6.08 Å². The van der Waals surface area contributed by atoms with Crippen molar-refractivity contribution in [2.24, 2.45) is 11.8 Å². The molecule has 2 amide bonds. The Bertz CT molecular complexity index is 785. The number of nitrogens with zero attached hydrogens (tertiary/aromatic N) is 1. The summed E-state index contributed by atoms with van der Waals surface area (Å²) in [4.78, 5) is 38.3. The van der Waals surface area contributed by atoms with Crippen molar-refractivity contribution in [2.75, 3.05) is 18.6 Å². The Morgan fingerprint density at radius 3 is 2.60 bits per heavy atom. The summed E-state index contributed by atoms with van der Waals surface area (Å²) in [6, 6.07) is 6.74. The number of amides is 2. The van der Waals surface area contributed by atoms with Crippen molar-refractivity contribution in [1.29, 1.82) is 0 Å². The number of hydrogen-bond donors (Lipinski definition) is 0. The third-order valence-electron chi connectivity index (χ3n) is 4.99. The lowest BCUT2D eigenvalue weighted by Crippen LogP contribution is -2.44. The van der Waals surface area contributed by atoms with Crippen LogP contribution in [0.15, 0.2) is 36.4 Å². The van der Waals surface area contributed by atoms with Crippen LogP contribution >= 0.6 is 0 Å². The number of rotatable bonds is 4. The van der Waals surface area contributed by atoms with Gasteiger partial charge in [0.05, 0.1) is 30.7 Å². The fourth-order valence-electron chi connectivity index (χ4n) is 3.87. The predicted octanol–water partition coefficient (Wildman–Crippen LogP) is 1.07. The fraction of sp³-hybridized carbons (Fsp3) is 0.389. The van der Waals surface area contributed by atoms with Gasteiger partial charge in [-0.15, -0.1) is 0 Å². The van der Waals surface area contributed by atoms with Gasteiger partial charge in [0.15, 0.2) is 0 Å². The van der Waals surface area contributed by atoms with Crippen molar-refractivity contribution in [1.82, 2.24) is 0 Å². The molecule has 4 rings (SSSR count). The molecule has 7 nitrogen and oxygen atoms in total. The van der Waals surface area contributed by atoms with E-state index in [-0.39, 0.29) is 18.4 Å². The molecule has 4 atom stereocenters. The molecule has 0 radical (unpaired) electrons. The summed E-state index contributed by atoms with van der Waals surface area (Å²) in [6.45, 7) is 1.22. The molecule has 0 spiro atoms. The minimum atomic E-state index is -1.06. The largest absolute Gasteiger partial charge is 0.497 e. The van der Waals surface area contributed by atoms with E-state index < -0.39 is 29.5 Å². The highest BCUT2D eigenvalue weighted by molar-refractivity contribution is 6.23. The number of hydrogen-bond acceptors (Lipinski definition) is 6. The lowest BCUT2D eigenvalue weighted by Gasteiger charge is -2.28. The van der Waals surface area contributed by atoms with Crippen LogP contribution in [0.1, 0.15) is 6.92 Å². The summed E-state index contributed by atoms with van der Waals surface area (Å²) in [5.74, 6) is -1.72. The van der Waals surface area contributed by atoms with Crippen molar-refractivity contribution in [3.05, 3.63) is 36.4 Å². The van der Waals surface area contributed by atoms with Gasteiger partial charge in [-0.2, -0.15) is 0 Å². The van der Waals surface area contributed by atoms with Gasteiger partial charge in [0, 0.05) is 6.92 Å². The van der Waals surface area contributed by atoms with Gasteiger partial charge in [-0.3, -0.25) is 14.4 Å². The first-order valence-corrected chi connectivity index (χ1v) is 7.99. The van der Waals surface area contributed by atoms with E-state index in [4.69, 9.17) is 14.2 Å². The van der Waals surface area contributed by atoms with Crippen LogP contribution in [0, 0.1) is 11.8 Å². The SMILES string of the molecule is COc1ccc(N2C(=O)[C@H]3[C@@H](C2=O)[C@@]2(COC(C)=O)C=C[C@H]3O2)cc1. The Kier molecular flexibility index (Phi) is 3.43. The van der Waals surface area contributed by atoms with E-state index in [1.165, 1.54) is 11.8 Å². The molecule has 1 aromatic carbocycles. The first-order valence-electron chi connectivity index (χ1n) is 7.99. The quantitative estimate of drug-likeness (QED) is 0.462. The summed E-state index contributed by atoms with van der Waals surface area (Å²) >= 11 is 0. The van der Waals surface area contributed by atoms with Gasteiger partial charge in [-0.25, -0.2) is 4.90 Å². The molecule has 2 saturated heterocycles. The van der Waals surface area contributed by atoms with Crippen LogP contribution < -0.4 is 9.64 Å². The summed E-state index contributed by atoms with van der Waals surface area (Å²) in [6.07, 6.45) is 3.04. The molecular weight excluding hydrogens is 326 g/mol. The van der Waals surface area contributed by atoms with Crippen LogP contribution in [0.5, 0.6) is 5.75 Å². The topological polar surface area (TPSA) is 82.1 Å². The smallest absolute Gasteiger partial charge is 0.302 e. The Morgan fingerprint density at radius 1 is 1.24 bits per heavy atom. The number of esters is 1. The number of benzene rings is 1. The number of carbonyl (C=O) groups is 3. The van der Waals surface area contributed by atoms with Gasteiger partial charge in [0.25, 0.3) is 0 Å². The van der Waals surface area contributed by atoms with E-state index in [2.05, 4.69) is 0 Å². The van der Waals surface area contributed by atoms with Crippen LogP contribution in [-0.4, -0.2) is 43.2 Å². The molecule has 3 aliphatic rings. The summed E-state index contributed by atoms with van der Waals surface area (Å²) < 4.78 is 16.1. The van der Waals surface area contributed by atoms with Crippen molar-refractivity contribution >= 4 is 23.5 Å². The maximum Gasteiger partial charge on any atom is 0.302 e. The standard InChI is InChI=1S/C18H17NO6/c1-10(20)24-9-18-8-7-13(25-18)14-15(18)17(22)19(16(14)21)11-3-5-12(23-2)6-4-11/h3-8,13-15H,9H2,1-2H3/t13-,14-,15+,18+/m1/s1.